The van der Waals surface area contributed by atoms with Crippen molar-refractivity contribution in [3.05, 3.63) is 46.2 Å². The average molecular weight is 532 g/mol. The highest BCUT2D eigenvalue weighted by atomic mass is 32.1. The highest BCUT2D eigenvalue weighted by Crippen LogP contribution is 2.29. The Bertz CT molecular complexity index is 1090. The summed E-state index contributed by atoms with van der Waals surface area (Å²) in [6.45, 7) is 6.47. The number of Topliss-reactive ketones (excluding diaryl/α,β-unsaturated/α-hetero) is 1. The summed E-state index contributed by atoms with van der Waals surface area (Å²) in [7, 11) is 3.91. The van der Waals surface area contributed by atoms with E-state index in [1.807, 2.05) is 19.2 Å². The molecule has 1 fully saturated rings. The highest BCUT2D eigenvalue weighted by Gasteiger charge is 2.34. The first-order valence-corrected chi connectivity index (χ1v) is 13.6. The van der Waals surface area contributed by atoms with Gasteiger partial charge in [0.25, 0.3) is 0 Å². The van der Waals surface area contributed by atoms with E-state index in [-0.39, 0.29) is 41.5 Å². The van der Waals surface area contributed by atoms with Gasteiger partial charge in [-0.1, -0.05) is 23.5 Å². The molecule has 3 rings (SSSR count). The van der Waals surface area contributed by atoms with Gasteiger partial charge in [-0.05, 0) is 76.2 Å². The van der Waals surface area contributed by atoms with Crippen molar-refractivity contribution in [2.45, 2.75) is 65.0 Å². The second-order valence-electron chi connectivity index (χ2n) is 10.0. The molecule has 1 saturated carbocycles. The highest BCUT2D eigenvalue weighted by molar-refractivity contribution is 7.17. The molecule has 10 heteroatoms. The van der Waals surface area contributed by atoms with E-state index in [4.69, 9.17) is 0 Å². The molecule has 1 aromatic heterocycles. The number of aryl methyl sites for hydroxylation is 2. The lowest BCUT2D eigenvalue weighted by atomic mass is 9.80. The van der Waals surface area contributed by atoms with E-state index in [2.05, 4.69) is 27.6 Å². The molecule has 2 aromatic rings. The summed E-state index contributed by atoms with van der Waals surface area (Å²) < 4.78 is 13.2. The van der Waals surface area contributed by atoms with Gasteiger partial charge < -0.3 is 15.1 Å². The first-order valence-electron chi connectivity index (χ1n) is 12.8. The van der Waals surface area contributed by atoms with Crippen LogP contribution in [0.4, 0.5) is 14.3 Å². The molecule has 1 heterocycles. The maximum absolute atomic E-state index is 13.2. The Morgan fingerprint density at radius 2 is 1.84 bits per heavy atom. The van der Waals surface area contributed by atoms with Crippen LogP contribution in [-0.2, 0) is 11.2 Å². The lowest BCUT2D eigenvalue weighted by Gasteiger charge is -2.41. The fourth-order valence-corrected chi connectivity index (χ4v) is 5.87. The number of ketones is 1. The molecule has 0 bridgehead atoms. The van der Waals surface area contributed by atoms with E-state index >= 15 is 0 Å². The largest absolute Gasteiger partial charge is 0.343 e. The second kappa shape index (κ2) is 13.1. The zero-order chi connectivity index (χ0) is 27.1. The van der Waals surface area contributed by atoms with Crippen molar-refractivity contribution in [3.8, 4) is 0 Å². The van der Waals surface area contributed by atoms with Gasteiger partial charge in [-0.2, -0.15) is 0 Å². The van der Waals surface area contributed by atoms with Crippen LogP contribution in [0, 0.1) is 18.7 Å². The number of hydrogen-bond donors (Lipinski definition) is 2. The minimum atomic E-state index is -0.337. The van der Waals surface area contributed by atoms with Crippen LogP contribution >= 0.6 is 11.3 Å². The normalized spacial score (nSPS) is 19.5. The second-order valence-corrected chi connectivity index (χ2v) is 11.0. The van der Waals surface area contributed by atoms with E-state index in [9.17, 15) is 18.8 Å². The lowest BCUT2D eigenvalue weighted by Crippen LogP contribution is -2.52. The monoisotopic (exact) mass is 531 g/mol. The van der Waals surface area contributed by atoms with Gasteiger partial charge in [-0.3, -0.25) is 14.9 Å². The summed E-state index contributed by atoms with van der Waals surface area (Å²) in [5, 5.41) is 6.31. The smallest absolute Gasteiger partial charge is 0.321 e. The summed E-state index contributed by atoms with van der Waals surface area (Å²) in [5.74, 6) is -0.0945. The maximum Gasteiger partial charge on any atom is 0.321 e. The molecule has 37 heavy (non-hydrogen) atoms. The minimum absolute atomic E-state index is 0.0426. The molecule has 8 nitrogen and oxygen atoms in total. The van der Waals surface area contributed by atoms with Crippen molar-refractivity contribution >= 4 is 34.2 Å². The Hall–Kier alpha value is -2.85. The van der Waals surface area contributed by atoms with Gasteiger partial charge in [-0.15, -0.1) is 0 Å². The fraction of sp³-hybridized carbons (Fsp3) is 0.556. The predicted molar refractivity (Wildman–Crippen MR) is 145 cm³/mol. The Labute approximate surface area is 222 Å². The minimum Gasteiger partial charge on any atom is -0.343 e. The van der Waals surface area contributed by atoms with Crippen LogP contribution in [0.1, 0.15) is 60.5 Å². The van der Waals surface area contributed by atoms with Gasteiger partial charge in [-0.25, -0.2) is 14.2 Å². The molecule has 1 aliphatic carbocycles. The molecule has 1 aliphatic rings. The molecule has 0 saturated heterocycles. The molecule has 3 amide bonds. The molecule has 0 unspecified atom stereocenters. The first-order chi connectivity index (χ1) is 17.5. The third-order valence-corrected chi connectivity index (χ3v) is 8.29. The van der Waals surface area contributed by atoms with E-state index in [1.54, 1.807) is 18.7 Å². The molecule has 3 atom stereocenters. The molecule has 0 radical (unpaired) electrons. The van der Waals surface area contributed by atoms with E-state index in [0.717, 1.165) is 50.8 Å². The van der Waals surface area contributed by atoms with E-state index in [0.29, 0.717) is 15.7 Å². The topological polar surface area (TPSA) is 94.6 Å². The molecular formula is C27H38FN5O3S. The molecule has 0 aliphatic heterocycles. The molecular weight excluding hydrogens is 493 g/mol. The Balaban J connectivity index is 1.60. The number of urea groups is 1. The summed E-state index contributed by atoms with van der Waals surface area (Å²) in [6, 6.07) is 6.36. The standard InChI is InChI=1S/C27H38FN5O3S/c1-17-25(18(2)34)37-27(29-17)31-26(36)30-24-13-12-23(33(5)19(3)35)15-21(24)16-32(4)14-6-7-20-8-10-22(28)11-9-20/h8-11,21,23-24H,6-7,12-16H2,1-5H3,(H2,29,30,31,36)/t21-,23-,24+/m0/s1. The lowest BCUT2D eigenvalue weighted by molar-refractivity contribution is -0.130. The van der Waals surface area contributed by atoms with Crippen molar-refractivity contribution < 1.29 is 18.8 Å². The number of carbonyl (C=O) groups excluding carboxylic acids is 3. The Morgan fingerprint density at radius 3 is 2.46 bits per heavy atom. The average Bonchev–Trinajstić information content (AvgIpc) is 3.20. The summed E-state index contributed by atoms with van der Waals surface area (Å²) >= 11 is 1.18. The van der Waals surface area contributed by atoms with Crippen molar-refractivity contribution in [2.24, 2.45) is 5.92 Å². The summed E-state index contributed by atoms with van der Waals surface area (Å²) in [4.78, 5) is 45.5. The van der Waals surface area contributed by atoms with Crippen molar-refractivity contribution in [3.63, 3.8) is 0 Å². The van der Waals surface area contributed by atoms with Crippen LogP contribution in [0.25, 0.3) is 0 Å². The number of anilines is 1. The van der Waals surface area contributed by atoms with Crippen molar-refractivity contribution in [1.82, 2.24) is 20.1 Å². The van der Waals surface area contributed by atoms with Gasteiger partial charge in [0.1, 0.15) is 5.82 Å². The third-order valence-electron chi connectivity index (χ3n) is 7.12. The van der Waals surface area contributed by atoms with Crippen LogP contribution in [-0.4, -0.2) is 71.8 Å². The number of amides is 3. The van der Waals surface area contributed by atoms with Gasteiger partial charge in [0.15, 0.2) is 10.9 Å². The number of hydrogen-bond acceptors (Lipinski definition) is 6. The number of carbonyl (C=O) groups is 3. The van der Waals surface area contributed by atoms with Crippen LogP contribution in [0.5, 0.6) is 0 Å². The van der Waals surface area contributed by atoms with Crippen LogP contribution in [0.2, 0.25) is 0 Å². The zero-order valence-electron chi connectivity index (χ0n) is 22.3. The Kier molecular flexibility index (Phi) is 10.2. The van der Waals surface area contributed by atoms with Gasteiger partial charge >= 0.3 is 6.03 Å². The van der Waals surface area contributed by atoms with Crippen molar-refractivity contribution in [2.75, 3.05) is 32.5 Å². The quantitative estimate of drug-likeness (QED) is 0.441. The van der Waals surface area contributed by atoms with E-state index in [1.165, 1.54) is 30.4 Å². The number of halogens is 1. The number of thiazole rings is 1. The van der Waals surface area contributed by atoms with Gasteiger partial charge in [0.2, 0.25) is 5.91 Å². The zero-order valence-corrected chi connectivity index (χ0v) is 23.2. The Morgan fingerprint density at radius 1 is 1.14 bits per heavy atom. The SMILES string of the molecule is CC(=O)c1sc(NC(=O)N[C@@H]2CC[C@H](N(C)C(C)=O)C[C@H]2CN(C)CCCc2ccc(F)cc2)nc1C. The summed E-state index contributed by atoms with van der Waals surface area (Å²) in [6.07, 6.45) is 4.18. The molecule has 2 N–H and O–H groups in total. The first kappa shape index (κ1) is 28.7. The van der Waals surface area contributed by atoms with E-state index < -0.39 is 0 Å². The predicted octanol–water partition coefficient (Wildman–Crippen LogP) is 4.49. The molecule has 1 aromatic carbocycles. The van der Waals surface area contributed by atoms with Crippen LogP contribution in [0.3, 0.4) is 0 Å². The maximum atomic E-state index is 13.2. The fourth-order valence-electron chi connectivity index (χ4n) is 5.01. The number of nitrogens with one attached hydrogen (secondary N) is 2. The van der Waals surface area contributed by atoms with Crippen molar-refractivity contribution in [1.29, 1.82) is 0 Å². The summed E-state index contributed by atoms with van der Waals surface area (Å²) in [5.41, 5.74) is 1.72. The number of aromatic nitrogens is 1. The number of benzene rings is 1. The van der Waals surface area contributed by atoms with Crippen LogP contribution < -0.4 is 10.6 Å². The third kappa shape index (κ3) is 8.33. The van der Waals surface area contributed by atoms with Gasteiger partial charge in [0.05, 0.1) is 10.6 Å². The number of rotatable bonds is 10. The number of nitrogens with zero attached hydrogens (tertiary/aromatic N) is 3. The molecule has 0 spiro atoms. The van der Waals surface area contributed by atoms with Gasteiger partial charge in [0, 0.05) is 39.5 Å². The van der Waals surface area contributed by atoms with Crippen LogP contribution in [0.15, 0.2) is 24.3 Å². The molecule has 202 valence electrons.